The van der Waals surface area contributed by atoms with Crippen LogP contribution >= 0.6 is 11.6 Å². The van der Waals surface area contributed by atoms with E-state index in [1.807, 2.05) is 0 Å². The Balaban J connectivity index is 2.11. The quantitative estimate of drug-likeness (QED) is 0.837. The largest absolute Gasteiger partial charge is 0.377 e. The Morgan fingerprint density at radius 3 is 2.80 bits per heavy atom. The van der Waals surface area contributed by atoms with E-state index < -0.39 is 0 Å². The van der Waals surface area contributed by atoms with Gasteiger partial charge in [0.15, 0.2) is 0 Å². The highest BCUT2D eigenvalue weighted by Gasteiger charge is 2.24. The second-order valence-electron chi connectivity index (χ2n) is 6.09. The SMILES string of the molecule is CCC(C)CC(C)Nc1c(Cl)cnn(CC2CC2)c1=O. The van der Waals surface area contributed by atoms with E-state index in [9.17, 15) is 4.79 Å². The van der Waals surface area contributed by atoms with E-state index in [-0.39, 0.29) is 11.6 Å². The van der Waals surface area contributed by atoms with Crippen LogP contribution in [0.3, 0.4) is 0 Å². The van der Waals surface area contributed by atoms with Gasteiger partial charge >= 0.3 is 0 Å². The molecule has 1 heterocycles. The zero-order valence-corrected chi connectivity index (χ0v) is 13.3. The maximum absolute atomic E-state index is 12.4. The van der Waals surface area contributed by atoms with Crippen molar-refractivity contribution in [1.82, 2.24) is 9.78 Å². The van der Waals surface area contributed by atoms with Crippen molar-refractivity contribution in [3.8, 4) is 0 Å². The highest BCUT2D eigenvalue weighted by molar-refractivity contribution is 6.33. The molecule has 2 atom stereocenters. The number of anilines is 1. The monoisotopic (exact) mass is 297 g/mol. The summed E-state index contributed by atoms with van der Waals surface area (Å²) in [7, 11) is 0. The van der Waals surface area contributed by atoms with Crippen molar-refractivity contribution >= 4 is 17.3 Å². The molecule has 0 aromatic carbocycles. The minimum Gasteiger partial charge on any atom is -0.377 e. The first-order valence-corrected chi connectivity index (χ1v) is 7.91. The van der Waals surface area contributed by atoms with Gasteiger partial charge in [-0.25, -0.2) is 4.68 Å². The van der Waals surface area contributed by atoms with Gasteiger partial charge in [0.2, 0.25) is 0 Å². The van der Waals surface area contributed by atoms with Crippen LogP contribution in [0.5, 0.6) is 0 Å². The first-order chi connectivity index (χ1) is 9.51. The van der Waals surface area contributed by atoms with E-state index in [1.165, 1.54) is 12.8 Å². The summed E-state index contributed by atoms with van der Waals surface area (Å²) in [6.45, 7) is 7.20. The van der Waals surface area contributed by atoms with E-state index in [0.29, 0.717) is 29.1 Å². The molecule has 112 valence electrons. The van der Waals surface area contributed by atoms with Crippen molar-refractivity contribution in [2.45, 2.75) is 59.0 Å². The third-order valence-corrected chi connectivity index (χ3v) is 4.26. The number of hydrogen-bond acceptors (Lipinski definition) is 3. The molecule has 0 aliphatic heterocycles. The average molecular weight is 298 g/mol. The molecule has 1 aliphatic carbocycles. The van der Waals surface area contributed by atoms with Crippen molar-refractivity contribution in [2.24, 2.45) is 11.8 Å². The van der Waals surface area contributed by atoms with Crippen LogP contribution in [0, 0.1) is 11.8 Å². The molecule has 0 spiro atoms. The van der Waals surface area contributed by atoms with Crippen molar-refractivity contribution in [1.29, 1.82) is 0 Å². The first-order valence-electron chi connectivity index (χ1n) is 7.53. The van der Waals surface area contributed by atoms with Crippen molar-refractivity contribution in [2.75, 3.05) is 5.32 Å². The lowest BCUT2D eigenvalue weighted by Crippen LogP contribution is -2.30. The summed E-state index contributed by atoms with van der Waals surface area (Å²) < 4.78 is 1.54. The topological polar surface area (TPSA) is 46.9 Å². The summed E-state index contributed by atoms with van der Waals surface area (Å²) in [5.74, 6) is 1.25. The minimum atomic E-state index is -0.0969. The van der Waals surface area contributed by atoms with Crippen molar-refractivity contribution in [3.05, 3.63) is 21.6 Å². The standard InChI is InChI=1S/C15H24ClN3O/c1-4-10(2)7-11(3)18-14-13(16)8-17-19(15(14)20)9-12-5-6-12/h8,10-12,18H,4-7,9H2,1-3H3. The van der Waals surface area contributed by atoms with Crippen LogP contribution in [0.1, 0.15) is 46.5 Å². The lowest BCUT2D eigenvalue weighted by atomic mass is 10.0. The van der Waals surface area contributed by atoms with E-state index in [2.05, 4.69) is 31.2 Å². The summed E-state index contributed by atoms with van der Waals surface area (Å²) in [6.07, 6.45) is 6.14. The summed E-state index contributed by atoms with van der Waals surface area (Å²) in [5, 5.41) is 7.82. The molecule has 0 bridgehead atoms. The molecule has 1 aromatic heterocycles. The Kier molecular flexibility index (Phi) is 5.08. The maximum Gasteiger partial charge on any atom is 0.291 e. The van der Waals surface area contributed by atoms with Gasteiger partial charge in [0.05, 0.1) is 11.2 Å². The second kappa shape index (κ2) is 6.61. The maximum atomic E-state index is 12.4. The molecule has 20 heavy (non-hydrogen) atoms. The van der Waals surface area contributed by atoms with Crippen LogP contribution in [0.4, 0.5) is 5.69 Å². The smallest absolute Gasteiger partial charge is 0.291 e. The molecule has 1 saturated carbocycles. The summed E-state index contributed by atoms with van der Waals surface area (Å²) in [5.41, 5.74) is 0.401. The van der Waals surface area contributed by atoms with Gasteiger partial charge < -0.3 is 5.32 Å². The van der Waals surface area contributed by atoms with Crippen molar-refractivity contribution in [3.63, 3.8) is 0 Å². The Bertz CT molecular complexity index is 510. The number of nitrogens with one attached hydrogen (secondary N) is 1. The molecule has 1 aliphatic rings. The Labute approximate surface area is 125 Å². The van der Waals surface area contributed by atoms with Gasteiger partial charge in [0.25, 0.3) is 5.56 Å². The molecule has 0 radical (unpaired) electrons. The summed E-state index contributed by atoms with van der Waals surface area (Å²) >= 11 is 6.13. The fraction of sp³-hybridized carbons (Fsp3) is 0.733. The minimum absolute atomic E-state index is 0.0969. The average Bonchev–Trinajstić information content (AvgIpc) is 3.21. The van der Waals surface area contributed by atoms with E-state index in [0.717, 1.165) is 12.8 Å². The van der Waals surface area contributed by atoms with Crippen LogP contribution in [0.25, 0.3) is 0 Å². The van der Waals surface area contributed by atoms with Gasteiger partial charge in [-0.2, -0.15) is 5.10 Å². The van der Waals surface area contributed by atoms with Crippen LogP contribution in [-0.4, -0.2) is 15.8 Å². The molecule has 5 heteroatoms. The molecule has 1 aromatic rings. The Morgan fingerprint density at radius 1 is 1.50 bits per heavy atom. The van der Waals surface area contributed by atoms with E-state index in [1.54, 1.807) is 10.9 Å². The number of nitrogens with zero attached hydrogens (tertiary/aromatic N) is 2. The zero-order valence-electron chi connectivity index (χ0n) is 12.5. The van der Waals surface area contributed by atoms with Gasteiger partial charge in [-0.05, 0) is 38.0 Å². The third-order valence-electron chi connectivity index (χ3n) is 3.97. The molecule has 1 fully saturated rings. The fourth-order valence-electron chi connectivity index (χ4n) is 2.35. The first kappa shape index (κ1) is 15.4. The molecule has 0 saturated heterocycles. The summed E-state index contributed by atoms with van der Waals surface area (Å²) in [6, 6.07) is 0.229. The molecular formula is C15H24ClN3O. The zero-order chi connectivity index (χ0) is 14.7. The summed E-state index contributed by atoms with van der Waals surface area (Å²) in [4.78, 5) is 12.4. The predicted octanol–water partition coefficient (Wildman–Crippen LogP) is 3.54. The predicted molar refractivity (Wildman–Crippen MR) is 83.4 cm³/mol. The van der Waals surface area contributed by atoms with Crippen LogP contribution in [0.2, 0.25) is 5.02 Å². The lowest BCUT2D eigenvalue weighted by Gasteiger charge is -2.19. The number of rotatable bonds is 7. The van der Waals surface area contributed by atoms with Gasteiger partial charge in [0, 0.05) is 12.6 Å². The molecule has 2 unspecified atom stereocenters. The van der Waals surface area contributed by atoms with Gasteiger partial charge in [-0.15, -0.1) is 0 Å². The third kappa shape index (κ3) is 3.98. The lowest BCUT2D eigenvalue weighted by molar-refractivity contribution is 0.482. The fourth-order valence-corrected chi connectivity index (χ4v) is 2.53. The molecule has 4 nitrogen and oxygen atoms in total. The molecule has 0 amide bonds. The van der Waals surface area contributed by atoms with Gasteiger partial charge in [-0.1, -0.05) is 31.9 Å². The molecule has 2 rings (SSSR count). The number of hydrogen-bond donors (Lipinski definition) is 1. The van der Waals surface area contributed by atoms with Crippen LogP contribution in [-0.2, 0) is 6.54 Å². The highest BCUT2D eigenvalue weighted by Crippen LogP contribution is 2.30. The van der Waals surface area contributed by atoms with Crippen molar-refractivity contribution < 1.29 is 0 Å². The number of aromatic nitrogens is 2. The van der Waals surface area contributed by atoms with Gasteiger partial charge in [-0.3, -0.25) is 4.79 Å². The molecule has 1 N–H and O–H groups in total. The van der Waals surface area contributed by atoms with Crippen LogP contribution < -0.4 is 10.9 Å². The second-order valence-corrected chi connectivity index (χ2v) is 6.50. The normalized spacial score (nSPS) is 17.8. The van der Waals surface area contributed by atoms with E-state index in [4.69, 9.17) is 11.6 Å². The molecular weight excluding hydrogens is 274 g/mol. The highest BCUT2D eigenvalue weighted by atomic mass is 35.5. The van der Waals surface area contributed by atoms with Gasteiger partial charge in [0.1, 0.15) is 5.69 Å². The number of halogens is 1. The Hall–Kier alpha value is -1.03. The van der Waals surface area contributed by atoms with Crippen LogP contribution in [0.15, 0.2) is 11.0 Å². The van der Waals surface area contributed by atoms with E-state index >= 15 is 0 Å². The Morgan fingerprint density at radius 2 is 2.20 bits per heavy atom.